The molecule has 134 valence electrons. The molecular formula is C20H16F3NO2. The summed E-state index contributed by atoms with van der Waals surface area (Å²) < 4.78 is 46.9. The third-order valence-corrected chi connectivity index (χ3v) is 3.60. The molecule has 0 aliphatic carbocycles. The van der Waals surface area contributed by atoms with Crippen LogP contribution in [-0.2, 0) is 6.61 Å². The first-order chi connectivity index (χ1) is 12.4. The van der Waals surface area contributed by atoms with Crippen molar-refractivity contribution in [3.8, 4) is 22.6 Å². The Kier molecular flexibility index (Phi) is 5.02. The summed E-state index contributed by atoms with van der Waals surface area (Å²) in [7, 11) is 0. The molecule has 0 heterocycles. The standard InChI is InChI=1S/C20H16F3NO2/c21-20(22,23)26-19-11-16(10-17(24)12-19)15-6-8-18(9-7-15)25-13-14-4-2-1-3-5-14/h1-12H,13,24H2. The first-order valence-electron chi connectivity index (χ1n) is 7.82. The molecule has 6 heteroatoms. The van der Waals surface area contributed by atoms with Crippen LogP contribution in [0.5, 0.6) is 11.5 Å². The Morgan fingerprint density at radius 3 is 2.12 bits per heavy atom. The topological polar surface area (TPSA) is 44.5 Å². The Hall–Kier alpha value is -3.15. The summed E-state index contributed by atoms with van der Waals surface area (Å²) in [6.07, 6.45) is -4.76. The highest BCUT2D eigenvalue weighted by molar-refractivity contribution is 5.70. The van der Waals surface area contributed by atoms with Crippen LogP contribution in [0.1, 0.15) is 5.56 Å². The maximum atomic E-state index is 12.4. The SMILES string of the molecule is Nc1cc(OC(F)(F)F)cc(-c2ccc(OCc3ccccc3)cc2)c1. The summed E-state index contributed by atoms with van der Waals surface area (Å²) in [5, 5.41) is 0. The van der Waals surface area contributed by atoms with Crippen molar-refractivity contribution >= 4 is 5.69 Å². The van der Waals surface area contributed by atoms with Crippen molar-refractivity contribution in [1.82, 2.24) is 0 Å². The van der Waals surface area contributed by atoms with E-state index < -0.39 is 6.36 Å². The highest BCUT2D eigenvalue weighted by atomic mass is 19.4. The van der Waals surface area contributed by atoms with Gasteiger partial charge in [0, 0.05) is 11.8 Å². The van der Waals surface area contributed by atoms with E-state index in [0.29, 0.717) is 23.5 Å². The number of nitrogens with two attached hydrogens (primary N) is 1. The number of hydrogen-bond acceptors (Lipinski definition) is 3. The van der Waals surface area contributed by atoms with Gasteiger partial charge in [-0.15, -0.1) is 13.2 Å². The maximum Gasteiger partial charge on any atom is 0.573 e. The number of benzene rings is 3. The summed E-state index contributed by atoms with van der Waals surface area (Å²) in [6, 6.07) is 20.8. The van der Waals surface area contributed by atoms with Gasteiger partial charge in [0.25, 0.3) is 0 Å². The third-order valence-electron chi connectivity index (χ3n) is 3.60. The smallest absolute Gasteiger partial charge is 0.489 e. The van der Waals surface area contributed by atoms with Gasteiger partial charge in [0.05, 0.1) is 0 Å². The largest absolute Gasteiger partial charge is 0.573 e. The minimum atomic E-state index is -4.76. The van der Waals surface area contributed by atoms with Gasteiger partial charge in [0.15, 0.2) is 0 Å². The molecule has 0 bridgehead atoms. The van der Waals surface area contributed by atoms with Gasteiger partial charge >= 0.3 is 6.36 Å². The fourth-order valence-electron chi connectivity index (χ4n) is 2.47. The predicted molar refractivity (Wildman–Crippen MR) is 93.7 cm³/mol. The minimum Gasteiger partial charge on any atom is -0.489 e. The van der Waals surface area contributed by atoms with E-state index in [-0.39, 0.29) is 11.4 Å². The summed E-state index contributed by atoms with van der Waals surface area (Å²) in [5.41, 5.74) is 8.15. The normalized spacial score (nSPS) is 11.2. The van der Waals surface area contributed by atoms with E-state index in [1.54, 1.807) is 30.3 Å². The van der Waals surface area contributed by atoms with Crippen molar-refractivity contribution in [1.29, 1.82) is 0 Å². The van der Waals surface area contributed by atoms with Gasteiger partial charge in [-0.05, 0) is 41.0 Å². The highest BCUT2D eigenvalue weighted by Gasteiger charge is 2.31. The zero-order valence-corrected chi connectivity index (χ0v) is 13.7. The molecule has 0 spiro atoms. The lowest BCUT2D eigenvalue weighted by atomic mass is 10.0. The van der Waals surface area contributed by atoms with E-state index in [9.17, 15) is 13.2 Å². The molecule has 0 unspecified atom stereocenters. The lowest BCUT2D eigenvalue weighted by Gasteiger charge is -2.12. The van der Waals surface area contributed by atoms with Gasteiger partial charge in [-0.25, -0.2) is 0 Å². The molecule has 0 aliphatic heterocycles. The molecule has 0 aromatic heterocycles. The molecule has 3 rings (SSSR count). The van der Waals surface area contributed by atoms with Gasteiger partial charge in [-0.1, -0.05) is 42.5 Å². The molecule has 3 aromatic carbocycles. The van der Waals surface area contributed by atoms with Crippen LogP contribution in [0, 0.1) is 0 Å². The Balaban J connectivity index is 1.74. The second kappa shape index (κ2) is 7.39. The first-order valence-corrected chi connectivity index (χ1v) is 7.82. The second-order valence-corrected chi connectivity index (χ2v) is 5.64. The lowest BCUT2D eigenvalue weighted by molar-refractivity contribution is -0.274. The zero-order chi connectivity index (χ0) is 18.6. The molecule has 3 aromatic rings. The van der Waals surface area contributed by atoms with Crippen LogP contribution in [0.2, 0.25) is 0 Å². The number of alkyl halides is 3. The molecule has 0 atom stereocenters. The van der Waals surface area contributed by atoms with Crippen LogP contribution in [0.15, 0.2) is 72.8 Å². The monoisotopic (exact) mass is 359 g/mol. The average Bonchev–Trinajstić information content (AvgIpc) is 2.59. The van der Waals surface area contributed by atoms with Crippen molar-refractivity contribution in [3.63, 3.8) is 0 Å². The van der Waals surface area contributed by atoms with Gasteiger partial charge in [0.2, 0.25) is 0 Å². The van der Waals surface area contributed by atoms with Crippen LogP contribution in [0.4, 0.5) is 18.9 Å². The van der Waals surface area contributed by atoms with Crippen molar-refractivity contribution in [2.24, 2.45) is 0 Å². The summed E-state index contributed by atoms with van der Waals surface area (Å²) >= 11 is 0. The number of ether oxygens (including phenoxy) is 2. The molecule has 2 N–H and O–H groups in total. The second-order valence-electron chi connectivity index (χ2n) is 5.64. The average molecular weight is 359 g/mol. The van der Waals surface area contributed by atoms with E-state index in [1.807, 2.05) is 30.3 Å². The van der Waals surface area contributed by atoms with Crippen LogP contribution in [0.25, 0.3) is 11.1 Å². The first kappa shape index (κ1) is 17.7. The predicted octanol–water partition coefficient (Wildman–Crippen LogP) is 5.41. The Labute approximate surface area is 148 Å². The Morgan fingerprint density at radius 1 is 0.769 bits per heavy atom. The molecule has 0 amide bonds. The van der Waals surface area contributed by atoms with Gasteiger partial charge < -0.3 is 15.2 Å². The molecule has 0 fully saturated rings. The Bertz CT molecular complexity index is 862. The van der Waals surface area contributed by atoms with E-state index in [0.717, 1.165) is 11.6 Å². The molecule has 26 heavy (non-hydrogen) atoms. The van der Waals surface area contributed by atoms with E-state index in [1.165, 1.54) is 6.07 Å². The zero-order valence-electron chi connectivity index (χ0n) is 13.7. The van der Waals surface area contributed by atoms with E-state index in [4.69, 9.17) is 10.5 Å². The molecule has 3 nitrogen and oxygen atoms in total. The Morgan fingerprint density at radius 2 is 1.46 bits per heavy atom. The number of hydrogen-bond donors (Lipinski definition) is 1. The maximum absolute atomic E-state index is 12.4. The van der Waals surface area contributed by atoms with Gasteiger partial charge in [-0.2, -0.15) is 0 Å². The van der Waals surface area contributed by atoms with Crippen molar-refractivity contribution in [3.05, 3.63) is 78.4 Å². The van der Waals surface area contributed by atoms with Crippen molar-refractivity contribution in [2.45, 2.75) is 13.0 Å². The van der Waals surface area contributed by atoms with E-state index >= 15 is 0 Å². The van der Waals surface area contributed by atoms with Gasteiger partial charge in [-0.3, -0.25) is 0 Å². The molecular weight excluding hydrogens is 343 g/mol. The van der Waals surface area contributed by atoms with Crippen LogP contribution < -0.4 is 15.2 Å². The number of halogens is 3. The fourth-order valence-corrected chi connectivity index (χ4v) is 2.47. The summed E-state index contributed by atoms with van der Waals surface area (Å²) in [5.74, 6) is 0.310. The lowest BCUT2D eigenvalue weighted by Crippen LogP contribution is -2.17. The molecule has 0 aliphatic rings. The van der Waals surface area contributed by atoms with Crippen LogP contribution in [0.3, 0.4) is 0 Å². The van der Waals surface area contributed by atoms with Crippen molar-refractivity contribution < 1.29 is 22.6 Å². The fraction of sp³-hybridized carbons (Fsp3) is 0.100. The van der Waals surface area contributed by atoms with Crippen molar-refractivity contribution in [2.75, 3.05) is 5.73 Å². The quantitative estimate of drug-likeness (QED) is 0.619. The number of rotatable bonds is 5. The molecule has 0 radical (unpaired) electrons. The van der Waals surface area contributed by atoms with Gasteiger partial charge in [0.1, 0.15) is 18.1 Å². The van der Waals surface area contributed by atoms with Crippen LogP contribution in [-0.4, -0.2) is 6.36 Å². The summed E-state index contributed by atoms with van der Waals surface area (Å²) in [4.78, 5) is 0. The molecule has 0 saturated heterocycles. The highest BCUT2D eigenvalue weighted by Crippen LogP contribution is 2.31. The number of anilines is 1. The minimum absolute atomic E-state index is 0.186. The number of nitrogen functional groups attached to an aromatic ring is 1. The molecule has 0 saturated carbocycles. The summed E-state index contributed by atoms with van der Waals surface area (Å²) in [6.45, 7) is 0.433. The third kappa shape index (κ3) is 4.92. The van der Waals surface area contributed by atoms with E-state index in [2.05, 4.69) is 4.74 Å². The van der Waals surface area contributed by atoms with Crippen LogP contribution >= 0.6 is 0 Å².